The van der Waals surface area contributed by atoms with Crippen molar-refractivity contribution >= 4 is 16.8 Å². The molecule has 3 heteroatoms. The van der Waals surface area contributed by atoms with Gasteiger partial charge in [0.25, 0.3) is 0 Å². The lowest BCUT2D eigenvalue weighted by Gasteiger charge is -2.10. The van der Waals surface area contributed by atoms with E-state index in [0.717, 1.165) is 19.4 Å². The summed E-state index contributed by atoms with van der Waals surface area (Å²) < 4.78 is 2.42. The minimum absolute atomic E-state index is 0.0270. The Hall–Kier alpha value is -2.29. The molecule has 1 aromatic heterocycles. The predicted molar refractivity (Wildman–Crippen MR) is 107 cm³/mol. The number of allylic oxidation sites excluding steroid dienone is 4. The minimum atomic E-state index is 0.0270. The molecule has 0 spiro atoms. The van der Waals surface area contributed by atoms with Crippen LogP contribution < -0.4 is 5.32 Å². The van der Waals surface area contributed by atoms with Crippen LogP contribution in [0, 0.1) is 0 Å². The van der Waals surface area contributed by atoms with E-state index < -0.39 is 0 Å². The van der Waals surface area contributed by atoms with Gasteiger partial charge in [-0.3, -0.25) is 4.79 Å². The molecule has 0 unspecified atom stereocenters. The second kappa shape index (κ2) is 8.70. The predicted octanol–water partition coefficient (Wildman–Crippen LogP) is 4.79. The number of nitrogens with one attached hydrogen (secondary N) is 1. The largest absolute Gasteiger partial charge is 0.356 e. The highest BCUT2D eigenvalue weighted by molar-refractivity contribution is 5.86. The van der Waals surface area contributed by atoms with Crippen LogP contribution in [-0.4, -0.2) is 17.0 Å². The first-order chi connectivity index (χ1) is 11.9. The van der Waals surface area contributed by atoms with Gasteiger partial charge in [-0.1, -0.05) is 41.5 Å². The molecule has 1 aromatic carbocycles. The van der Waals surface area contributed by atoms with Gasteiger partial charge in [-0.2, -0.15) is 0 Å². The Balaban J connectivity index is 2.53. The van der Waals surface area contributed by atoms with E-state index in [4.69, 9.17) is 0 Å². The Morgan fingerprint density at radius 3 is 2.36 bits per heavy atom. The van der Waals surface area contributed by atoms with Crippen molar-refractivity contribution in [2.24, 2.45) is 0 Å². The highest BCUT2D eigenvalue weighted by atomic mass is 16.1. The molecule has 0 saturated carbocycles. The number of para-hydroxylation sites is 1. The molecular weight excluding hydrogens is 308 g/mol. The highest BCUT2D eigenvalue weighted by Crippen LogP contribution is 2.28. The number of hydrogen-bond donors (Lipinski definition) is 1. The molecule has 0 fully saturated rings. The van der Waals surface area contributed by atoms with Crippen LogP contribution in [0.3, 0.4) is 0 Å². The standard InChI is InChI=1S/C22H30N2O/c1-16(2)10-11-22-20(12-14-23-18(5)25)19-8-6-7-9-21(19)24(22)15-13-17(3)4/h6-10,13H,11-12,14-15H2,1-5H3,(H,23,25). The maximum atomic E-state index is 11.2. The summed E-state index contributed by atoms with van der Waals surface area (Å²) in [5.41, 5.74) is 6.63. The third-order valence-corrected chi connectivity index (χ3v) is 4.33. The van der Waals surface area contributed by atoms with Crippen LogP contribution in [-0.2, 0) is 24.2 Å². The first-order valence-corrected chi connectivity index (χ1v) is 9.00. The fraction of sp³-hybridized carbons (Fsp3) is 0.409. The van der Waals surface area contributed by atoms with Gasteiger partial charge in [0, 0.05) is 43.0 Å². The van der Waals surface area contributed by atoms with E-state index in [0.29, 0.717) is 6.54 Å². The molecule has 2 aromatic rings. The lowest BCUT2D eigenvalue weighted by atomic mass is 10.0. The normalized spacial score (nSPS) is 10.6. The second-order valence-electron chi connectivity index (χ2n) is 7.05. The van der Waals surface area contributed by atoms with Crippen molar-refractivity contribution in [2.75, 3.05) is 6.54 Å². The molecule has 1 heterocycles. The maximum Gasteiger partial charge on any atom is 0.216 e. The molecule has 0 bridgehead atoms. The number of nitrogens with zero attached hydrogens (tertiary/aromatic N) is 1. The molecule has 0 atom stereocenters. The topological polar surface area (TPSA) is 34.0 Å². The molecule has 3 nitrogen and oxygen atoms in total. The third kappa shape index (κ3) is 5.09. The van der Waals surface area contributed by atoms with Crippen molar-refractivity contribution in [3.8, 4) is 0 Å². The molecule has 0 aliphatic rings. The Morgan fingerprint density at radius 2 is 1.72 bits per heavy atom. The molecule has 0 saturated heterocycles. The van der Waals surface area contributed by atoms with E-state index in [2.05, 4.69) is 74.0 Å². The molecule has 25 heavy (non-hydrogen) atoms. The fourth-order valence-electron chi connectivity index (χ4n) is 3.09. The smallest absolute Gasteiger partial charge is 0.216 e. The van der Waals surface area contributed by atoms with Crippen LogP contribution >= 0.6 is 0 Å². The first-order valence-electron chi connectivity index (χ1n) is 9.00. The highest BCUT2D eigenvalue weighted by Gasteiger charge is 2.15. The minimum Gasteiger partial charge on any atom is -0.356 e. The second-order valence-corrected chi connectivity index (χ2v) is 7.05. The fourth-order valence-corrected chi connectivity index (χ4v) is 3.09. The molecule has 0 aliphatic heterocycles. The van der Waals surface area contributed by atoms with Gasteiger partial charge in [0.1, 0.15) is 0 Å². The van der Waals surface area contributed by atoms with Gasteiger partial charge in [-0.05, 0) is 45.7 Å². The quantitative estimate of drug-likeness (QED) is 0.723. The van der Waals surface area contributed by atoms with Gasteiger partial charge in [-0.15, -0.1) is 0 Å². The monoisotopic (exact) mass is 338 g/mol. The van der Waals surface area contributed by atoms with Crippen molar-refractivity contribution in [3.05, 3.63) is 58.8 Å². The summed E-state index contributed by atoms with van der Waals surface area (Å²) in [6.45, 7) is 11.7. The molecule has 2 rings (SSSR count). The summed E-state index contributed by atoms with van der Waals surface area (Å²) >= 11 is 0. The van der Waals surface area contributed by atoms with Crippen molar-refractivity contribution in [2.45, 2.75) is 54.0 Å². The molecular formula is C22H30N2O. The molecule has 1 amide bonds. The average Bonchev–Trinajstić information content (AvgIpc) is 2.84. The first kappa shape index (κ1) is 19.0. The zero-order valence-electron chi connectivity index (χ0n) is 16.1. The molecule has 1 N–H and O–H groups in total. The third-order valence-electron chi connectivity index (χ3n) is 4.33. The lowest BCUT2D eigenvalue weighted by molar-refractivity contribution is -0.118. The summed E-state index contributed by atoms with van der Waals surface area (Å²) in [7, 11) is 0. The summed E-state index contributed by atoms with van der Waals surface area (Å²) in [6.07, 6.45) is 6.34. The van der Waals surface area contributed by atoms with E-state index in [1.165, 1.54) is 33.3 Å². The SMILES string of the molecule is CC(=O)NCCc1c(CC=C(C)C)n(CC=C(C)C)c2ccccc12. The van der Waals surface area contributed by atoms with Gasteiger partial charge in [0.05, 0.1) is 0 Å². The number of carbonyl (C=O) groups is 1. The zero-order valence-corrected chi connectivity index (χ0v) is 16.1. The van der Waals surface area contributed by atoms with Gasteiger partial charge >= 0.3 is 0 Å². The van der Waals surface area contributed by atoms with Crippen molar-refractivity contribution in [3.63, 3.8) is 0 Å². The zero-order chi connectivity index (χ0) is 18.4. The lowest BCUT2D eigenvalue weighted by Crippen LogP contribution is -2.22. The Bertz CT molecular complexity index is 801. The van der Waals surface area contributed by atoms with E-state index in [-0.39, 0.29) is 5.91 Å². The van der Waals surface area contributed by atoms with Crippen LogP contribution in [0.15, 0.2) is 47.6 Å². The van der Waals surface area contributed by atoms with E-state index in [1.807, 2.05) is 0 Å². The summed E-state index contributed by atoms with van der Waals surface area (Å²) in [6, 6.07) is 8.59. The van der Waals surface area contributed by atoms with Gasteiger partial charge in [0.2, 0.25) is 5.91 Å². The van der Waals surface area contributed by atoms with Crippen molar-refractivity contribution in [1.82, 2.24) is 9.88 Å². The number of aromatic nitrogens is 1. The Labute approximate surface area is 151 Å². The van der Waals surface area contributed by atoms with Crippen LogP contribution in [0.25, 0.3) is 10.9 Å². The molecule has 0 aliphatic carbocycles. The Morgan fingerprint density at radius 1 is 1.04 bits per heavy atom. The summed E-state index contributed by atoms with van der Waals surface area (Å²) in [5, 5.41) is 4.23. The van der Waals surface area contributed by atoms with Crippen molar-refractivity contribution < 1.29 is 4.79 Å². The number of carbonyl (C=O) groups excluding carboxylic acids is 1. The van der Waals surface area contributed by atoms with E-state index >= 15 is 0 Å². The van der Waals surface area contributed by atoms with Gasteiger partial charge in [0.15, 0.2) is 0 Å². The maximum absolute atomic E-state index is 11.2. The van der Waals surface area contributed by atoms with Gasteiger partial charge < -0.3 is 9.88 Å². The number of fused-ring (bicyclic) bond motifs is 1. The number of benzene rings is 1. The average molecular weight is 338 g/mol. The van der Waals surface area contributed by atoms with Crippen LogP contribution in [0.1, 0.15) is 45.9 Å². The van der Waals surface area contributed by atoms with Gasteiger partial charge in [-0.25, -0.2) is 0 Å². The number of amides is 1. The Kier molecular flexibility index (Phi) is 6.63. The van der Waals surface area contributed by atoms with E-state index in [1.54, 1.807) is 6.92 Å². The number of rotatable bonds is 7. The van der Waals surface area contributed by atoms with Crippen LogP contribution in [0.2, 0.25) is 0 Å². The summed E-state index contributed by atoms with van der Waals surface area (Å²) in [5.74, 6) is 0.0270. The van der Waals surface area contributed by atoms with Crippen LogP contribution in [0.5, 0.6) is 0 Å². The molecule has 134 valence electrons. The summed E-state index contributed by atoms with van der Waals surface area (Å²) in [4.78, 5) is 11.2. The van der Waals surface area contributed by atoms with Crippen molar-refractivity contribution in [1.29, 1.82) is 0 Å². The van der Waals surface area contributed by atoms with Crippen LogP contribution in [0.4, 0.5) is 0 Å². The molecule has 0 radical (unpaired) electrons. The van der Waals surface area contributed by atoms with E-state index in [9.17, 15) is 4.79 Å². The number of hydrogen-bond acceptors (Lipinski definition) is 1.